The molecule has 1 amide bonds. The Kier molecular flexibility index (Phi) is 5.27. The molecule has 3 heterocycles. The normalized spacial score (nSPS) is 19.9. The van der Waals surface area contributed by atoms with Crippen LogP contribution in [0.4, 0.5) is 0 Å². The number of ether oxygens (including phenoxy) is 2. The number of carbonyl (C=O) groups is 1. The van der Waals surface area contributed by atoms with E-state index >= 15 is 0 Å². The molecule has 4 rings (SSSR count). The van der Waals surface area contributed by atoms with Crippen LogP contribution in [-0.4, -0.2) is 47.8 Å². The van der Waals surface area contributed by atoms with E-state index in [0.29, 0.717) is 41.2 Å². The molecule has 0 aliphatic carbocycles. The molecule has 8 heteroatoms. The highest BCUT2D eigenvalue weighted by Gasteiger charge is 2.35. The van der Waals surface area contributed by atoms with Crippen LogP contribution >= 0.6 is 12.2 Å². The number of nitrogens with one attached hydrogen (secondary N) is 1. The largest absolute Gasteiger partial charge is 0.497 e. The van der Waals surface area contributed by atoms with Crippen LogP contribution in [0.1, 0.15) is 28.4 Å². The second-order valence-corrected chi connectivity index (χ2v) is 7.85. The number of methoxy groups -OCH3 is 2. The highest BCUT2D eigenvalue weighted by Crippen LogP contribution is 2.35. The molecule has 0 spiro atoms. The SMILES string of the molecule is COc1cc(OC)cc(C(=O)NC(=S)N2C[C@H]3C[C@@H](C2)c2cccc(=O)n2C3)c1. The fourth-order valence-corrected chi connectivity index (χ4v) is 4.49. The lowest BCUT2D eigenvalue weighted by molar-refractivity contribution is 0.0967. The van der Waals surface area contributed by atoms with E-state index in [1.54, 1.807) is 24.3 Å². The zero-order valence-electron chi connectivity index (χ0n) is 16.4. The van der Waals surface area contributed by atoms with Crippen molar-refractivity contribution in [3.05, 3.63) is 58.0 Å². The molecule has 2 aliphatic rings. The number of benzene rings is 1. The number of rotatable bonds is 3. The van der Waals surface area contributed by atoms with Gasteiger partial charge in [-0.25, -0.2) is 0 Å². The van der Waals surface area contributed by atoms with Crippen molar-refractivity contribution in [3.63, 3.8) is 0 Å². The first-order chi connectivity index (χ1) is 14.0. The van der Waals surface area contributed by atoms with Crippen LogP contribution < -0.4 is 20.3 Å². The van der Waals surface area contributed by atoms with Crippen molar-refractivity contribution in [2.75, 3.05) is 27.3 Å². The minimum absolute atomic E-state index is 0.0495. The highest BCUT2D eigenvalue weighted by atomic mass is 32.1. The van der Waals surface area contributed by atoms with E-state index < -0.39 is 0 Å². The topological polar surface area (TPSA) is 72.8 Å². The molecule has 152 valence electrons. The summed E-state index contributed by atoms with van der Waals surface area (Å²) < 4.78 is 12.3. The predicted molar refractivity (Wildman–Crippen MR) is 113 cm³/mol. The predicted octanol–water partition coefficient (Wildman–Crippen LogP) is 2.00. The molecular weight excluding hydrogens is 390 g/mol. The minimum atomic E-state index is -0.306. The summed E-state index contributed by atoms with van der Waals surface area (Å²) in [6, 6.07) is 10.4. The summed E-state index contributed by atoms with van der Waals surface area (Å²) in [6.45, 7) is 2.09. The van der Waals surface area contributed by atoms with E-state index in [1.807, 2.05) is 21.6 Å². The molecule has 2 aliphatic heterocycles. The summed E-state index contributed by atoms with van der Waals surface area (Å²) in [5, 5.41) is 3.23. The zero-order chi connectivity index (χ0) is 20.5. The standard InChI is InChI=1S/C21H23N3O4S/c1-27-16-7-14(8-17(9-16)28-2)20(26)22-21(29)23-10-13-6-15(12-23)18-4-3-5-19(25)24(18)11-13/h3-5,7-9,13,15H,6,10-12H2,1-2H3,(H,22,26,29)/t13-,15+/m1/s1. The Hall–Kier alpha value is -2.87. The smallest absolute Gasteiger partial charge is 0.257 e. The molecule has 1 saturated heterocycles. The van der Waals surface area contributed by atoms with Gasteiger partial charge in [0, 0.05) is 48.9 Å². The Bertz CT molecular complexity index is 997. The van der Waals surface area contributed by atoms with Gasteiger partial charge in [0.25, 0.3) is 11.5 Å². The van der Waals surface area contributed by atoms with E-state index in [9.17, 15) is 9.59 Å². The Morgan fingerprint density at radius 2 is 1.83 bits per heavy atom. The Morgan fingerprint density at radius 1 is 1.10 bits per heavy atom. The van der Waals surface area contributed by atoms with Crippen LogP contribution in [0.15, 0.2) is 41.2 Å². The summed E-state index contributed by atoms with van der Waals surface area (Å²) >= 11 is 5.54. The molecular formula is C21H23N3O4S. The number of pyridine rings is 1. The average molecular weight is 413 g/mol. The second-order valence-electron chi connectivity index (χ2n) is 7.46. The first-order valence-corrected chi connectivity index (χ1v) is 9.92. The van der Waals surface area contributed by atoms with Crippen molar-refractivity contribution in [1.82, 2.24) is 14.8 Å². The number of hydrogen-bond acceptors (Lipinski definition) is 5. The number of carbonyl (C=O) groups excluding carboxylic acids is 1. The summed E-state index contributed by atoms with van der Waals surface area (Å²) in [6.07, 6.45) is 1.03. The van der Waals surface area contributed by atoms with Crippen LogP contribution in [-0.2, 0) is 6.54 Å². The van der Waals surface area contributed by atoms with Gasteiger partial charge in [-0.2, -0.15) is 0 Å². The maximum atomic E-state index is 12.7. The van der Waals surface area contributed by atoms with Crippen molar-refractivity contribution in [2.24, 2.45) is 5.92 Å². The lowest BCUT2D eigenvalue weighted by Crippen LogP contribution is -2.52. The summed E-state index contributed by atoms with van der Waals surface area (Å²) in [5.41, 5.74) is 1.51. The third-order valence-electron chi connectivity index (χ3n) is 5.60. The Morgan fingerprint density at radius 3 is 2.52 bits per heavy atom. The van der Waals surface area contributed by atoms with Crippen molar-refractivity contribution in [1.29, 1.82) is 0 Å². The second kappa shape index (κ2) is 7.87. The number of nitrogens with zero attached hydrogens (tertiary/aromatic N) is 2. The number of amides is 1. The molecule has 1 N–H and O–H groups in total. The molecule has 0 unspecified atom stereocenters. The first kappa shape index (κ1) is 19.4. The number of hydrogen-bond donors (Lipinski definition) is 1. The number of fused-ring (bicyclic) bond motifs is 4. The van der Waals surface area contributed by atoms with Gasteiger partial charge in [-0.3, -0.25) is 14.9 Å². The van der Waals surface area contributed by atoms with E-state index in [-0.39, 0.29) is 17.4 Å². The monoisotopic (exact) mass is 413 g/mol. The number of aromatic nitrogens is 1. The Balaban J connectivity index is 1.49. The van der Waals surface area contributed by atoms with Gasteiger partial charge in [0.05, 0.1) is 14.2 Å². The van der Waals surface area contributed by atoms with E-state index in [2.05, 4.69) is 5.32 Å². The first-order valence-electron chi connectivity index (χ1n) is 9.51. The number of thiocarbonyl (C=S) groups is 1. The van der Waals surface area contributed by atoms with Gasteiger partial charge < -0.3 is 18.9 Å². The molecule has 1 fully saturated rings. The van der Waals surface area contributed by atoms with Crippen molar-refractivity contribution in [3.8, 4) is 11.5 Å². The van der Waals surface area contributed by atoms with Crippen LogP contribution in [0.3, 0.4) is 0 Å². The van der Waals surface area contributed by atoms with E-state index in [1.165, 1.54) is 14.2 Å². The quantitative estimate of drug-likeness (QED) is 0.776. The molecule has 2 aromatic rings. The van der Waals surface area contributed by atoms with Gasteiger partial charge in [-0.1, -0.05) is 6.07 Å². The maximum Gasteiger partial charge on any atom is 0.257 e. The van der Waals surface area contributed by atoms with Crippen molar-refractivity contribution < 1.29 is 14.3 Å². The van der Waals surface area contributed by atoms with Gasteiger partial charge in [-0.05, 0) is 42.8 Å². The highest BCUT2D eigenvalue weighted by molar-refractivity contribution is 7.80. The fourth-order valence-electron chi connectivity index (χ4n) is 4.25. The minimum Gasteiger partial charge on any atom is -0.497 e. The summed E-state index contributed by atoms with van der Waals surface area (Å²) in [4.78, 5) is 26.9. The molecule has 1 aromatic heterocycles. The molecule has 2 atom stereocenters. The lowest BCUT2D eigenvalue weighted by atomic mass is 9.83. The molecule has 29 heavy (non-hydrogen) atoms. The van der Waals surface area contributed by atoms with Gasteiger partial charge in [0.15, 0.2) is 5.11 Å². The van der Waals surface area contributed by atoms with Gasteiger partial charge in [-0.15, -0.1) is 0 Å². The third-order valence-corrected chi connectivity index (χ3v) is 5.96. The lowest BCUT2D eigenvalue weighted by Gasteiger charge is -2.43. The van der Waals surface area contributed by atoms with Gasteiger partial charge >= 0.3 is 0 Å². The summed E-state index contributed by atoms with van der Waals surface area (Å²) in [7, 11) is 3.08. The molecule has 7 nitrogen and oxygen atoms in total. The van der Waals surface area contributed by atoms with Gasteiger partial charge in [0.1, 0.15) is 11.5 Å². The molecule has 0 saturated carbocycles. The maximum absolute atomic E-state index is 12.7. The fraction of sp³-hybridized carbons (Fsp3) is 0.381. The average Bonchev–Trinajstić information content (AvgIpc) is 2.73. The van der Waals surface area contributed by atoms with Crippen LogP contribution in [0, 0.1) is 5.92 Å². The number of piperidine rings is 1. The van der Waals surface area contributed by atoms with Crippen LogP contribution in [0.2, 0.25) is 0 Å². The van der Waals surface area contributed by atoms with E-state index in [4.69, 9.17) is 21.7 Å². The Labute approximate surface area is 174 Å². The van der Waals surface area contributed by atoms with Crippen molar-refractivity contribution in [2.45, 2.75) is 18.9 Å². The van der Waals surface area contributed by atoms with Crippen LogP contribution in [0.25, 0.3) is 0 Å². The number of likely N-dealkylation sites (tertiary alicyclic amines) is 1. The molecule has 1 aromatic carbocycles. The summed E-state index contributed by atoms with van der Waals surface area (Å²) in [5.74, 6) is 1.32. The van der Waals surface area contributed by atoms with E-state index in [0.717, 1.165) is 18.7 Å². The third kappa shape index (κ3) is 3.85. The zero-order valence-corrected chi connectivity index (χ0v) is 17.2. The van der Waals surface area contributed by atoms with Gasteiger partial charge in [0.2, 0.25) is 0 Å². The molecule has 2 bridgehead atoms. The van der Waals surface area contributed by atoms with Crippen LogP contribution in [0.5, 0.6) is 11.5 Å². The van der Waals surface area contributed by atoms with Crippen molar-refractivity contribution >= 4 is 23.2 Å². The molecule has 0 radical (unpaired) electrons.